The van der Waals surface area contributed by atoms with Gasteiger partial charge in [-0.3, -0.25) is 4.79 Å². The summed E-state index contributed by atoms with van der Waals surface area (Å²) in [5.74, 6) is 0.267. The fourth-order valence-corrected chi connectivity index (χ4v) is 2.41. The molecule has 0 saturated carbocycles. The molecule has 0 radical (unpaired) electrons. The topological polar surface area (TPSA) is 100 Å². The van der Waals surface area contributed by atoms with Gasteiger partial charge in [0.15, 0.2) is 18.1 Å². The van der Waals surface area contributed by atoms with Crippen molar-refractivity contribution in [3.05, 3.63) is 35.9 Å². The highest BCUT2D eigenvalue weighted by molar-refractivity contribution is 5.76. The second-order valence-corrected chi connectivity index (χ2v) is 6.90. The molecule has 0 aliphatic rings. The van der Waals surface area contributed by atoms with Crippen molar-refractivity contribution < 1.29 is 33.3 Å². The summed E-state index contributed by atoms with van der Waals surface area (Å²) in [6.07, 6.45) is 6.53. The molecule has 0 atom stereocenters. The highest BCUT2D eigenvalue weighted by atomic mass is 16.7. The molecule has 30 heavy (non-hydrogen) atoms. The molecular weight excluding hydrogens is 390 g/mol. The zero-order valence-corrected chi connectivity index (χ0v) is 18.1. The van der Waals surface area contributed by atoms with E-state index >= 15 is 0 Å². The first-order valence-electron chi connectivity index (χ1n) is 9.87. The van der Waals surface area contributed by atoms with Crippen molar-refractivity contribution in [3.8, 4) is 11.5 Å². The molecule has 0 aliphatic carbocycles. The number of methoxy groups -OCH3 is 2. The molecule has 0 heterocycles. The van der Waals surface area contributed by atoms with Gasteiger partial charge in [0, 0.05) is 13.0 Å². The molecule has 8 heteroatoms. The van der Waals surface area contributed by atoms with E-state index in [1.165, 1.54) is 20.3 Å². The van der Waals surface area contributed by atoms with Crippen LogP contribution in [0.25, 0.3) is 0 Å². The third kappa shape index (κ3) is 10.5. The van der Waals surface area contributed by atoms with Gasteiger partial charge in [-0.25, -0.2) is 9.59 Å². The van der Waals surface area contributed by atoms with E-state index in [0.29, 0.717) is 24.6 Å². The first kappa shape index (κ1) is 25.0. The molecule has 0 aromatic heterocycles. The maximum Gasteiger partial charge on any atom is 0.514 e. The van der Waals surface area contributed by atoms with E-state index in [9.17, 15) is 14.4 Å². The van der Waals surface area contributed by atoms with Gasteiger partial charge in [0.25, 0.3) is 0 Å². The fraction of sp³-hybridized carbons (Fsp3) is 0.500. The molecule has 0 fully saturated rings. The van der Waals surface area contributed by atoms with Crippen molar-refractivity contribution in [2.45, 2.75) is 46.1 Å². The number of amides is 1. The molecule has 1 N–H and O–H groups in total. The van der Waals surface area contributed by atoms with E-state index in [2.05, 4.69) is 40.8 Å². The summed E-state index contributed by atoms with van der Waals surface area (Å²) in [5, 5.41) is 2.86. The number of carbonyl (C=O) groups is 3. The molecule has 0 saturated heterocycles. The number of unbranched alkanes of at least 4 members (excludes halogenated alkanes) is 2. The number of allylic oxidation sites excluding steroid dienone is 2. The SMILES string of the molecule is COC(=O)COC(=O)Oc1ccc(CNC(=O)CCCC/C=C/C(C)C)cc1OC. The Bertz CT molecular complexity index is 728. The summed E-state index contributed by atoms with van der Waals surface area (Å²) < 4.78 is 19.2. The largest absolute Gasteiger partial charge is 0.514 e. The van der Waals surface area contributed by atoms with Crippen LogP contribution in [-0.2, 0) is 25.6 Å². The third-order valence-corrected chi connectivity index (χ3v) is 3.99. The Morgan fingerprint density at radius 3 is 2.53 bits per heavy atom. The fourth-order valence-electron chi connectivity index (χ4n) is 2.41. The smallest absolute Gasteiger partial charge is 0.493 e. The molecule has 1 aromatic carbocycles. The van der Waals surface area contributed by atoms with E-state index in [1.807, 2.05) is 0 Å². The van der Waals surface area contributed by atoms with Gasteiger partial charge in [0.05, 0.1) is 14.2 Å². The summed E-state index contributed by atoms with van der Waals surface area (Å²) in [4.78, 5) is 34.6. The van der Waals surface area contributed by atoms with Gasteiger partial charge in [0.2, 0.25) is 5.91 Å². The standard InChI is InChI=1S/C22H31NO7/c1-16(2)9-7-5-6-8-10-20(24)23-14-17-11-12-18(19(13-17)27-3)30-22(26)29-15-21(25)28-4/h7,9,11-13,16H,5-6,8,10,14-15H2,1-4H3,(H,23,24)/b9-7+. The van der Waals surface area contributed by atoms with Gasteiger partial charge in [-0.1, -0.05) is 32.1 Å². The molecule has 0 aliphatic heterocycles. The number of esters is 1. The number of carbonyl (C=O) groups excluding carboxylic acids is 3. The van der Waals surface area contributed by atoms with Gasteiger partial charge in [-0.05, 0) is 42.9 Å². The van der Waals surface area contributed by atoms with Gasteiger partial charge < -0.3 is 24.3 Å². The number of hydrogen-bond acceptors (Lipinski definition) is 7. The highest BCUT2D eigenvalue weighted by Crippen LogP contribution is 2.28. The van der Waals surface area contributed by atoms with Gasteiger partial charge in [-0.2, -0.15) is 0 Å². The van der Waals surface area contributed by atoms with Crippen LogP contribution in [0.5, 0.6) is 11.5 Å². The van der Waals surface area contributed by atoms with E-state index in [1.54, 1.807) is 12.1 Å². The second kappa shape index (κ2) is 14.0. The Morgan fingerprint density at radius 2 is 1.87 bits per heavy atom. The van der Waals surface area contributed by atoms with Crippen LogP contribution in [-0.4, -0.2) is 38.9 Å². The van der Waals surface area contributed by atoms with Crippen molar-refractivity contribution in [2.24, 2.45) is 5.92 Å². The van der Waals surface area contributed by atoms with Gasteiger partial charge >= 0.3 is 12.1 Å². The molecule has 0 unspecified atom stereocenters. The van der Waals surface area contributed by atoms with Crippen LogP contribution in [0.2, 0.25) is 0 Å². The first-order chi connectivity index (χ1) is 14.3. The highest BCUT2D eigenvalue weighted by Gasteiger charge is 2.14. The predicted molar refractivity (Wildman–Crippen MR) is 111 cm³/mol. The van der Waals surface area contributed by atoms with Crippen LogP contribution in [0.3, 0.4) is 0 Å². The number of rotatable bonds is 12. The van der Waals surface area contributed by atoms with E-state index in [0.717, 1.165) is 24.8 Å². The van der Waals surface area contributed by atoms with Crippen LogP contribution < -0.4 is 14.8 Å². The second-order valence-electron chi connectivity index (χ2n) is 6.90. The predicted octanol–water partition coefficient (Wildman–Crippen LogP) is 3.77. The van der Waals surface area contributed by atoms with Crippen LogP contribution in [0.15, 0.2) is 30.4 Å². The summed E-state index contributed by atoms with van der Waals surface area (Å²) >= 11 is 0. The van der Waals surface area contributed by atoms with E-state index in [-0.39, 0.29) is 11.7 Å². The maximum atomic E-state index is 12.0. The molecule has 1 rings (SSSR count). The summed E-state index contributed by atoms with van der Waals surface area (Å²) in [5.41, 5.74) is 0.787. The lowest BCUT2D eigenvalue weighted by atomic mass is 10.1. The Labute approximate surface area is 177 Å². The molecule has 0 spiro atoms. The number of benzene rings is 1. The molecule has 0 bridgehead atoms. The molecule has 1 aromatic rings. The van der Waals surface area contributed by atoms with Crippen molar-refractivity contribution >= 4 is 18.0 Å². The average molecular weight is 421 g/mol. The third-order valence-electron chi connectivity index (χ3n) is 3.99. The minimum atomic E-state index is -1.05. The lowest BCUT2D eigenvalue weighted by Crippen LogP contribution is -2.22. The maximum absolute atomic E-state index is 12.0. The van der Waals surface area contributed by atoms with Crippen LogP contribution in [0.1, 0.15) is 45.1 Å². The van der Waals surface area contributed by atoms with Crippen molar-refractivity contribution in [1.82, 2.24) is 5.32 Å². The average Bonchev–Trinajstić information content (AvgIpc) is 2.73. The lowest BCUT2D eigenvalue weighted by molar-refractivity contribution is -0.144. The molecular formula is C22H31NO7. The number of ether oxygens (including phenoxy) is 4. The van der Waals surface area contributed by atoms with Crippen molar-refractivity contribution in [2.75, 3.05) is 20.8 Å². The Balaban J connectivity index is 2.44. The first-order valence-corrected chi connectivity index (χ1v) is 9.87. The number of nitrogens with one attached hydrogen (secondary N) is 1. The summed E-state index contributed by atoms with van der Waals surface area (Å²) in [6.45, 7) is 4.05. The minimum Gasteiger partial charge on any atom is -0.493 e. The van der Waals surface area contributed by atoms with Crippen molar-refractivity contribution in [3.63, 3.8) is 0 Å². The molecule has 1 amide bonds. The lowest BCUT2D eigenvalue weighted by Gasteiger charge is -2.11. The minimum absolute atomic E-state index is 0.0199. The van der Waals surface area contributed by atoms with E-state index < -0.39 is 18.7 Å². The van der Waals surface area contributed by atoms with Crippen LogP contribution >= 0.6 is 0 Å². The van der Waals surface area contributed by atoms with Crippen LogP contribution in [0.4, 0.5) is 4.79 Å². The Morgan fingerprint density at radius 1 is 1.10 bits per heavy atom. The zero-order valence-electron chi connectivity index (χ0n) is 18.1. The Kier molecular flexibility index (Phi) is 11.7. The summed E-state index contributed by atoms with van der Waals surface area (Å²) in [6, 6.07) is 4.88. The summed E-state index contributed by atoms with van der Waals surface area (Å²) in [7, 11) is 2.61. The monoisotopic (exact) mass is 421 g/mol. The molecule has 166 valence electrons. The Hall–Kier alpha value is -3.03. The van der Waals surface area contributed by atoms with Crippen LogP contribution in [0, 0.1) is 5.92 Å². The number of hydrogen-bond donors (Lipinski definition) is 1. The van der Waals surface area contributed by atoms with Gasteiger partial charge in [-0.15, -0.1) is 0 Å². The normalized spacial score (nSPS) is 10.7. The van der Waals surface area contributed by atoms with E-state index in [4.69, 9.17) is 9.47 Å². The van der Waals surface area contributed by atoms with Gasteiger partial charge in [0.1, 0.15) is 0 Å². The molecule has 8 nitrogen and oxygen atoms in total. The quantitative estimate of drug-likeness (QED) is 0.237. The zero-order chi connectivity index (χ0) is 22.4. The van der Waals surface area contributed by atoms with Crippen molar-refractivity contribution in [1.29, 1.82) is 0 Å².